The highest BCUT2D eigenvalue weighted by atomic mass is 32.2. The van der Waals surface area contributed by atoms with Crippen molar-refractivity contribution in [2.24, 2.45) is 0 Å². The van der Waals surface area contributed by atoms with Gasteiger partial charge < -0.3 is 9.72 Å². The van der Waals surface area contributed by atoms with Crippen LogP contribution in [-0.2, 0) is 9.53 Å². The number of rotatable bonds is 5. The van der Waals surface area contributed by atoms with Crippen molar-refractivity contribution in [3.63, 3.8) is 0 Å². The molecule has 7 nitrogen and oxygen atoms in total. The minimum atomic E-state index is -0.323. The molecule has 0 unspecified atom stereocenters. The molecule has 1 fully saturated rings. The summed E-state index contributed by atoms with van der Waals surface area (Å²) >= 11 is 1.16. The van der Waals surface area contributed by atoms with Gasteiger partial charge in [0.05, 0.1) is 24.6 Å². The maximum atomic E-state index is 11.9. The van der Waals surface area contributed by atoms with Crippen molar-refractivity contribution in [1.82, 2.24) is 19.7 Å². The van der Waals surface area contributed by atoms with Gasteiger partial charge >= 0.3 is 5.97 Å². The second kappa shape index (κ2) is 5.28. The zero-order valence-electron chi connectivity index (χ0n) is 11.0. The average Bonchev–Trinajstić information content (AvgIpc) is 3.17. The lowest BCUT2D eigenvalue weighted by Gasteiger charge is -2.03. The third-order valence-electron chi connectivity index (χ3n) is 2.97. The van der Waals surface area contributed by atoms with Crippen molar-refractivity contribution in [2.45, 2.75) is 31.0 Å². The fourth-order valence-electron chi connectivity index (χ4n) is 1.90. The Kier molecular flexibility index (Phi) is 3.47. The molecule has 1 aliphatic carbocycles. The largest absolute Gasteiger partial charge is 0.465 e. The number of hydrogen-bond acceptors (Lipinski definition) is 6. The van der Waals surface area contributed by atoms with Gasteiger partial charge in [0.1, 0.15) is 5.39 Å². The molecule has 2 aromatic rings. The molecule has 106 valence electrons. The van der Waals surface area contributed by atoms with Gasteiger partial charge in [-0.15, -0.1) is 0 Å². The molecule has 3 rings (SSSR count). The van der Waals surface area contributed by atoms with Gasteiger partial charge in [-0.25, -0.2) is 9.67 Å². The summed E-state index contributed by atoms with van der Waals surface area (Å²) in [5.74, 6) is -0.198. The fraction of sp³-hybridized carbons (Fsp3) is 0.500. The fourth-order valence-corrected chi connectivity index (χ4v) is 2.55. The number of nitrogens with one attached hydrogen (secondary N) is 1. The number of esters is 1. The van der Waals surface area contributed by atoms with Gasteiger partial charge in [-0.05, 0) is 19.8 Å². The lowest BCUT2D eigenvalue weighted by atomic mass is 10.4. The van der Waals surface area contributed by atoms with Crippen molar-refractivity contribution in [2.75, 3.05) is 12.4 Å². The summed E-state index contributed by atoms with van der Waals surface area (Å²) in [6.45, 7) is 2.10. The van der Waals surface area contributed by atoms with Crippen molar-refractivity contribution < 1.29 is 9.53 Å². The summed E-state index contributed by atoms with van der Waals surface area (Å²) < 4.78 is 6.63. The van der Waals surface area contributed by atoms with Crippen LogP contribution in [0.1, 0.15) is 25.8 Å². The van der Waals surface area contributed by atoms with E-state index in [1.165, 1.54) is 0 Å². The molecule has 0 spiro atoms. The molecule has 0 saturated heterocycles. The van der Waals surface area contributed by atoms with Gasteiger partial charge in [0.25, 0.3) is 5.56 Å². The van der Waals surface area contributed by atoms with Crippen LogP contribution in [0.15, 0.2) is 16.1 Å². The quantitative estimate of drug-likeness (QED) is 0.505. The predicted molar refractivity (Wildman–Crippen MR) is 73.8 cm³/mol. The number of carbonyl (C=O) groups excluding carboxylic acids is 1. The lowest BCUT2D eigenvalue weighted by Crippen LogP contribution is -2.12. The van der Waals surface area contributed by atoms with E-state index in [1.807, 2.05) is 0 Å². The molecule has 1 aliphatic rings. The Labute approximate surface area is 118 Å². The SMILES string of the molecule is CCOC(=O)CSc1nc2c(cnn2C2CC2)c(=O)[nH]1. The molecule has 0 atom stereocenters. The second-order valence-corrected chi connectivity index (χ2v) is 5.49. The minimum Gasteiger partial charge on any atom is -0.465 e. The van der Waals surface area contributed by atoms with Gasteiger partial charge in [-0.2, -0.15) is 5.10 Å². The number of nitrogens with zero attached hydrogens (tertiary/aromatic N) is 3. The number of ether oxygens (including phenoxy) is 1. The van der Waals surface area contributed by atoms with E-state index in [-0.39, 0.29) is 17.3 Å². The summed E-state index contributed by atoms with van der Waals surface area (Å²) in [6, 6.07) is 0.352. The van der Waals surface area contributed by atoms with Gasteiger partial charge in [0, 0.05) is 0 Å². The van der Waals surface area contributed by atoms with Gasteiger partial charge in [0.15, 0.2) is 10.8 Å². The number of carbonyl (C=O) groups is 1. The Hall–Kier alpha value is -1.83. The highest BCUT2D eigenvalue weighted by Crippen LogP contribution is 2.35. The topological polar surface area (TPSA) is 89.9 Å². The van der Waals surface area contributed by atoms with Crippen molar-refractivity contribution in [3.05, 3.63) is 16.6 Å². The van der Waals surface area contributed by atoms with E-state index < -0.39 is 0 Å². The molecule has 1 N–H and O–H groups in total. The average molecular weight is 294 g/mol. The number of fused-ring (bicyclic) bond motifs is 1. The summed E-state index contributed by atoms with van der Waals surface area (Å²) in [4.78, 5) is 30.3. The van der Waals surface area contributed by atoms with Crippen LogP contribution in [-0.4, -0.2) is 38.1 Å². The molecule has 2 aromatic heterocycles. The molecule has 2 heterocycles. The van der Waals surface area contributed by atoms with E-state index in [9.17, 15) is 9.59 Å². The summed E-state index contributed by atoms with van der Waals surface area (Å²) in [7, 11) is 0. The summed E-state index contributed by atoms with van der Waals surface area (Å²) in [5.41, 5.74) is 0.357. The Balaban J connectivity index is 1.86. The Morgan fingerprint density at radius 1 is 1.60 bits per heavy atom. The molecule has 0 amide bonds. The summed E-state index contributed by atoms with van der Waals surface area (Å²) in [6.07, 6.45) is 3.67. The zero-order valence-corrected chi connectivity index (χ0v) is 11.8. The molecular formula is C12H14N4O3S. The Morgan fingerprint density at radius 3 is 3.10 bits per heavy atom. The third-order valence-corrected chi connectivity index (χ3v) is 3.81. The van der Waals surface area contributed by atoms with Gasteiger partial charge in [-0.1, -0.05) is 11.8 Å². The van der Waals surface area contributed by atoms with Crippen LogP contribution in [0, 0.1) is 0 Å². The molecule has 0 radical (unpaired) electrons. The van der Waals surface area contributed by atoms with Crippen LogP contribution in [0.5, 0.6) is 0 Å². The number of thioether (sulfide) groups is 1. The van der Waals surface area contributed by atoms with Crippen LogP contribution in [0.2, 0.25) is 0 Å². The molecule has 20 heavy (non-hydrogen) atoms. The molecule has 0 aliphatic heterocycles. The van der Waals surface area contributed by atoms with Crippen molar-refractivity contribution in [1.29, 1.82) is 0 Å². The highest BCUT2D eigenvalue weighted by Gasteiger charge is 2.27. The standard InChI is InChI=1S/C12H14N4O3S/c1-2-19-9(17)6-20-12-14-10-8(11(18)15-12)5-13-16(10)7-3-4-7/h5,7H,2-4,6H2,1H3,(H,14,15,18). The zero-order chi connectivity index (χ0) is 14.1. The van der Waals surface area contributed by atoms with Crippen molar-refractivity contribution >= 4 is 28.8 Å². The second-order valence-electron chi connectivity index (χ2n) is 4.52. The Morgan fingerprint density at radius 2 is 2.40 bits per heavy atom. The molecule has 0 bridgehead atoms. The van der Waals surface area contributed by atoms with Crippen LogP contribution in [0.25, 0.3) is 11.0 Å². The first-order valence-electron chi connectivity index (χ1n) is 6.45. The summed E-state index contributed by atoms with van der Waals surface area (Å²) in [5, 5.41) is 5.12. The first-order chi connectivity index (χ1) is 9.69. The van der Waals surface area contributed by atoms with E-state index in [0.29, 0.717) is 28.8 Å². The highest BCUT2D eigenvalue weighted by molar-refractivity contribution is 7.99. The predicted octanol–water partition coefficient (Wildman–Crippen LogP) is 1.11. The van der Waals surface area contributed by atoms with E-state index >= 15 is 0 Å². The lowest BCUT2D eigenvalue weighted by molar-refractivity contribution is -0.139. The maximum Gasteiger partial charge on any atom is 0.316 e. The van der Waals surface area contributed by atoms with E-state index in [2.05, 4.69) is 15.1 Å². The van der Waals surface area contributed by atoms with E-state index in [1.54, 1.807) is 17.8 Å². The first kappa shape index (κ1) is 13.2. The van der Waals surface area contributed by atoms with Gasteiger partial charge in [0.2, 0.25) is 0 Å². The van der Waals surface area contributed by atoms with E-state index in [0.717, 1.165) is 24.6 Å². The first-order valence-corrected chi connectivity index (χ1v) is 7.43. The van der Waals surface area contributed by atoms with Crippen LogP contribution in [0.3, 0.4) is 0 Å². The number of aromatic nitrogens is 4. The van der Waals surface area contributed by atoms with Crippen LogP contribution in [0.4, 0.5) is 0 Å². The number of hydrogen-bond donors (Lipinski definition) is 1. The normalized spacial score (nSPS) is 14.7. The molecular weight excluding hydrogens is 280 g/mol. The van der Waals surface area contributed by atoms with Crippen molar-refractivity contribution in [3.8, 4) is 0 Å². The monoisotopic (exact) mass is 294 g/mol. The van der Waals surface area contributed by atoms with Crippen LogP contribution < -0.4 is 5.56 Å². The van der Waals surface area contributed by atoms with Gasteiger partial charge in [-0.3, -0.25) is 9.59 Å². The number of H-pyrrole nitrogens is 1. The number of aromatic amines is 1. The molecule has 8 heteroatoms. The minimum absolute atomic E-state index is 0.125. The van der Waals surface area contributed by atoms with E-state index in [4.69, 9.17) is 4.74 Å². The molecule has 1 saturated carbocycles. The maximum absolute atomic E-state index is 11.9. The third kappa shape index (κ3) is 2.55. The Bertz CT molecular complexity index is 704. The van der Waals surface area contributed by atoms with Crippen LogP contribution >= 0.6 is 11.8 Å². The molecule has 0 aromatic carbocycles. The smallest absolute Gasteiger partial charge is 0.316 e.